The molecule has 0 aromatic carbocycles. The second kappa shape index (κ2) is 2.15. The Morgan fingerprint density at radius 2 is 2.50 bits per heavy atom. The predicted octanol–water partition coefficient (Wildman–Crippen LogP) is -0.692. The highest BCUT2D eigenvalue weighted by molar-refractivity contribution is 5.16. The van der Waals surface area contributed by atoms with Crippen LogP contribution in [0.15, 0.2) is 6.33 Å². The molecular weight excluding hydrogens is 106 g/mol. The van der Waals surface area contributed by atoms with Crippen LogP contribution in [-0.2, 0) is 0 Å². The van der Waals surface area contributed by atoms with Crippen molar-refractivity contribution in [1.29, 1.82) is 0 Å². The summed E-state index contributed by atoms with van der Waals surface area (Å²) >= 11 is 0. The van der Waals surface area contributed by atoms with Gasteiger partial charge in [0.2, 0.25) is 5.95 Å². The van der Waals surface area contributed by atoms with Crippen molar-refractivity contribution >= 4 is 5.95 Å². The molecule has 0 spiro atoms. The largest absolute Gasteiger partial charge is 0.356 e. The van der Waals surface area contributed by atoms with Crippen LogP contribution in [0.5, 0.6) is 0 Å². The van der Waals surface area contributed by atoms with Gasteiger partial charge in [-0.05, 0) is 5.21 Å². The van der Waals surface area contributed by atoms with Crippen molar-refractivity contribution < 1.29 is 0 Å². The summed E-state index contributed by atoms with van der Waals surface area (Å²) in [5.41, 5.74) is 0. The molecular formula is C3H5N5. The lowest BCUT2D eigenvalue weighted by Crippen LogP contribution is -1.97. The van der Waals surface area contributed by atoms with Gasteiger partial charge in [-0.15, -0.1) is 5.10 Å². The Hall–Kier alpha value is -1.26. The second-order valence-electron chi connectivity index (χ2n) is 1.12. The fourth-order valence-corrected chi connectivity index (χ4v) is 0.312. The van der Waals surface area contributed by atoms with E-state index in [1.165, 1.54) is 6.33 Å². The van der Waals surface area contributed by atoms with Crippen molar-refractivity contribution in [2.45, 2.75) is 0 Å². The van der Waals surface area contributed by atoms with Crippen molar-refractivity contribution in [2.24, 2.45) is 0 Å². The minimum absolute atomic E-state index is 0.486. The maximum atomic E-state index is 3.70. The summed E-state index contributed by atoms with van der Waals surface area (Å²) < 4.78 is 0. The average Bonchev–Trinajstić information content (AvgIpc) is 1.90. The van der Waals surface area contributed by atoms with E-state index in [-0.39, 0.29) is 0 Å². The van der Waals surface area contributed by atoms with E-state index in [2.05, 4.69) is 25.7 Å². The molecule has 8 heavy (non-hydrogen) atoms. The Morgan fingerprint density at radius 3 is 2.88 bits per heavy atom. The summed E-state index contributed by atoms with van der Waals surface area (Å²) in [6.45, 7) is 0. The number of nitrogens with one attached hydrogen (secondary N) is 1. The van der Waals surface area contributed by atoms with E-state index in [1.54, 1.807) is 7.05 Å². The number of rotatable bonds is 1. The number of hydrogen-bond donors (Lipinski definition) is 1. The molecule has 0 saturated heterocycles. The third kappa shape index (κ3) is 0.868. The SMILES string of the molecule is CNc1ncnnn1. The van der Waals surface area contributed by atoms with Gasteiger partial charge in [0.1, 0.15) is 6.33 Å². The van der Waals surface area contributed by atoms with Gasteiger partial charge in [0, 0.05) is 7.05 Å². The highest BCUT2D eigenvalue weighted by Crippen LogP contribution is 1.83. The van der Waals surface area contributed by atoms with Gasteiger partial charge in [-0.2, -0.15) is 4.98 Å². The van der Waals surface area contributed by atoms with Gasteiger partial charge < -0.3 is 5.32 Å². The zero-order valence-electron chi connectivity index (χ0n) is 4.37. The average molecular weight is 111 g/mol. The Bertz CT molecular complexity index is 149. The zero-order valence-corrected chi connectivity index (χ0v) is 4.37. The molecule has 1 N–H and O–H groups in total. The Morgan fingerprint density at radius 1 is 1.62 bits per heavy atom. The van der Waals surface area contributed by atoms with Crippen molar-refractivity contribution in [3.63, 3.8) is 0 Å². The molecule has 0 aliphatic heterocycles. The Balaban J connectivity index is 2.83. The van der Waals surface area contributed by atoms with Crippen molar-refractivity contribution in [2.75, 3.05) is 12.4 Å². The summed E-state index contributed by atoms with van der Waals surface area (Å²) in [6.07, 6.45) is 1.33. The minimum atomic E-state index is 0.486. The normalized spacial score (nSPS) is 8.62. The van der Waals surface area contributed by atoms with Gasteiger partial charge in [-0.25, -0.2) is 0 Å². The van der Waals surface area contributed by atoms with Gasteiger partial charge >= 0.3 is 0 Å². The monoisotopic (exact) mass is 111 g/mol. The molecule has 0 fully saturated rings. The molecule has 0 amide bonds. The van der Waals surface area contributed by atoms with E-state index in [0.717, 1.165) is 0 Å². The quantitative estimate of drug-likeness (QED) is 0.519. The molecule has 0 saturated carbocycles. The summed E-state index contributed by atoms with van der Waals surface area (Å²) in [4.78, 5) is 3.70. The first-order chi connectivity index (χ1) is 3.93. The molecule has 42 valence electrons. The van der Waals surface area contributed by atoms with E-state index in [0.29, 0.717) is 5.95 Å². The lowest BCUT2D eigenvalue weighted by Gasteiger charge is -1.89. The molecule has 0 unspecified atom stereocenters. The van der Waals surface area contributed by atoms with Crippen LogP contribution in [0.25, 0.3) is 0 Å². The van der Waals surface area contributed by atoms with Gasteiger partial charge in [0.25, 0.3) is 0 Å². The first-order valence-corrected chi connectivity index (χ1v) is 2.11. The van der Waals surface area contributed by atoms with Crippen LogP contribution in [0.4, 0.5) is 5.95 Å². The third-order valence-electron chi connectivity index (χ3n) is 0.646. The number of hydrogen-bond acceptors (Lipinski definition) is 5. The van der Waals surface area contributed by atoms with Crippen LogP contribution in [0.1, 0.15) is 0 Å². The van der Waals surface area contributed by atoms with Gasteiger partial charge in [-0.1, -0.05) is 5.10 Å². The topological polar surface area (TPSA) is 63.6 Å². The number of nitrogens with zero attached hydrogens (tertiary/aromatic N) is 4. The molecule has 1 rings (SSSR count). The standard InChI is InChI=1S/C3H5N5/c1-4-3-5-2-6-8-7-3/h2H,1H3,(H,4,5,6,7). The van der Waals surface area contributed by atoms with Crippen LogP contribution < -0.4 is 5.32 Å². The second-order valence-corrected chi connectivity index (χ2v) is 1.12. The van der Waals surface area contributed by atoms with Crippen LogP contribution >= 0.6 is 0 Å². The summed E-state index contributed by atoms with van der Waals surface area (Å²) in [6, 6.07) is 0. The molecule has 0 aliphatic rings. The zero-order chi connectivity index (χ0) is 5.82. The van der Waals surface area contributed by atoms with Crippen LogP contribution in [0, 0.1) is 0 Å². The predicted molar refractivity (Wildman–Crippen MR) is 27.2 cm³/mol. The van der Waals surface area contributed by atoms with E-state index in [1.807, 2.05) is 0 Å². The van der Waals surface area contributed by atoms with E-state index in [4.69, 9.17) is 0 Å². The number of anilines is 1. The van der Waals surface area contributed by atoms with Crippen LogP contribution in [0.3, 0.4) is 0 Å². The Kier molecular flexibility index (Phi) is 1.32. The first kappa shape index (κ1) is 4.89. The van der Waals surface area contributed by atoms with E-state index in [9.17, 15) is 0 Å². The molecule has 5 nitrogen and oxygen atoms in total. The summed E-state index contributed by atoms with van der Waals surface area (Å²) in [5, 5.41) is 12.9. The number of aromatic nitrogens is 4. The molecule has 0 atom stereocenters. The highest BCUT2D eigenvalue weighted by atomic mass is 15.4. The molecule has 1 heterocycles. The van der Waals surface area contributed by atoms with Crippen molar-refractivity contribution in [1.82, 2.24) is 20.4 Å². The molecule has 0 aliphatic carbocycles. The molecule has 1 aromatic heterocycles. The van der Waals surface area contributed by atoms with Gasteiger partial charge in [0.15, 0.2) is 0 Å². The highest BCUT2D eigenvalue weighted by Gasteiger charge is 1.84. The van der Waals surface area contributed by atoms with Crippen molar-refractivity contribution in [3.05, 3.63) is 6.33 Å². The fourth-order valence-electron chi connectivity index (χ4n) is 0.312. The smallest absolute Gasteiger partial charge is 0.245 e. The van der Waals surface area contributed by atoms with Gasteiger partial charge in [-0.3, -0.25) is 0 Å². The summed E-state index contributed by atoms with van der Waals surface area (Å²) in [5.74, 6) is 0.486. The van der Waals surface area contributed by atoms with Crippen molar-refractivity contribution in [3.8, 4) is 0 Å². The Labute approximate surface area is 46.2 Å². The summed E-state index contributed by atoms with van der Waals surface area (Å²) in [7, 11) is 1.72. The maximum Gasteiger partial charge on any atom is 0.245 e. The van der Waals surface area contributed by atoms with Gasteiger partial charge in [0.05, 0.1) is 0 Å². The molecule has 0 radical (unpaired) electrons. The lowest BCUT2D eigenvalue weighted by molar-refractivity contribution is 0.824. The lowest BCUT2D eigenvalue weighted by atomic mass is 11.0. The molecule has 5 heteroatoms. The van der Waals surface area contributed by atoms with E-state index < -0.39 is 0 Å². The minimum Gasteiger partial charge on any atom is -0.356 e. The maximum absolute atomic E-state index is 3.70. The molecule has 0 bridgehead atoms. The van der Waals surface area contributed by atoms with Crippen LogP contribution in [0.2, 0.25) is 0 Å². The first-order valence-electron chi connectivity index (χ1n) is 2.11. The van der Waals surface area contributed by atoms with Crippen LogP contribution in [-0.4, -0.2) is 27.4 Å². The molecule has 1 aromatic rings. The fraction of sp³-hybridized carbons (Fsp3) is 0.333. The van der Waals surface area contributed by atoms with E-state index >= 15 is 0 Å². The third-order valence-corrected chi connectivity index (χ3v) is 0.646.